The van der Waals surface area contributed by atoms with Crippen molar-refractivity contribution in [2.45, 2.75) is 279 Å². The lowest BCUT2D eigenvalue weighted by Crippen LogP contribution is -2.46. The monoisotopic (exact) mass is 1540 g/mol. The number of rotatable bonds is 29. The molecule has 6 aromatic heterocycles. The molecule has 610 valence electrons. The van der Waals surface area contributed by atoms with E-state index in [1.54, 1.807) is 0 Å². The number of nitrogen functional groups attached to an aromatic ring is 2. The highest BCUT2D eigenvalue weighted by atomic mass is 15.2. The molecule has 0 bridgehead atoms. The maximum atomic E-state index is 6.40. The Labute approximate surface area is 684 Å². The molecule has 114 heavy (non-hydrogen) atoms. The van der Waals surface area contributed by atoms with E-state index in [0.717, 1.165) is 212 Å². The molecule has 14 nitrogen and oxygen atoms in total. The van der Waals surface area contributed by atoms with Crippen molar-refractivity contribution in [3.63, 3.8) is 0 Å². The fraction of sp³-hybridized carbons (Fsp3) is 0.520. The maximum absolute atomic E-state index is 6.40. The molecule has 3 fully saturated rings. The maximum Gasteiger partial charge on any atom is 0.152 e. The zero-order valence-electron chi connectivity index (χ0n) is 71.0. The number of benzene rings is 6. The van der Waals surface area contributed by atoms with Crippen LogP contribution in [-0.4, -0.2) is 84.1 Å². The van der Waals surface area contributed by atoms with E-state index in [1.165, 1.54) is 102 Å². The molecule has 6 aromatic carbocycles. The van der Waals surface area contributed by atoms with E-state index < -0.39 is 0 Å². The van der Waals surface area contributed by atoms with Crippen molar-refractivity contribution in [3.8, 4) is 0 Å². The summed E-state index contributed by atoms with van der Waals surface area (Å²) in [5.74, 6) is 8.83. The Morgan fingerprint density at radius 1 is 0.430 bits per heavy atom. The lowest BCUT2D eigenvalue weighted by Gasteiger charge is -2.42. The second-order valence-electron chi connectivity index (χ2n) is 37.9. The van der Waals surface area contributed by atoms with Gasteiger partial charge in [0, 0.05) is 98.9 Å². The van der Waals surface area contributed by atoms with Gasteiger partial charge in [-0.2, -0.15) is 0 Å². The van der Waals surface area contributed by atoms with Crippen molar-refractivity contribution in [1.82, 2.24) is 58.7 Å². The minimum absolute atomic E-state index is 0. The number of imidazole rings is 3. The number of pyridine rings is 3. The molecule has 0 spiro atoms. The van der Waals surface area contributed by atoms with Crippen molar-refractivity contribution in [1.29, 1.82) is 0 Å². The summed E-state index contributed by atoms with van der Waals surface area (Å²) in [6.45, 7) is 46.1. The number of nitrogens with two attached hydrogens (primary N) is 2. The zero-order chi connectivity index (χ0) is 79.2. The van der Waals surface area contributed by atoms with Gasteiger partial charge in [-0.25, -0.2) is 24.9 Å². The van der Waals surface area contributed by atoms with Gasteiger partial charge >= 0.3 is 0 Å². The van der Waals surface area contributed by atoms with E-state index >= 15 is 0 Å². The van der Waals surface area contributed by atoms with E-state index in [9.17, 15) is 0 Å². The molecule has 0 aliphatic heterocycles. The number of hydrogen-bond acceptors (Lipinski definition) is 11. The van der Waals surface area contributed by atoms with E-state index in [2.05, 4.69) is 271 Å². The minimum Gasteiger partial charge on any atom is -0.382 e. The van der Waals surface area contributed by atoms with Gasteiger partial charge in [-0.05, 0) is 204 Å². The van der Waals surface area contributed by atoms with Gasteiger partial charge < -0.3 is 30.5 Å². The van der Waals surface area contributed by atoms with Crippen LogP contribution in [0.4, 0.5) is 11.6 Å². The Bertz CT molecular complexity index is 5120. The van der Waals surface area contributed by atoms with Gasteiger partial charge in [0.25, 0.3) is 0 Å². The second kappa shape index (κ2) is 37.1. The van der Waals surface area contributed by atoms with Gasteiger partial charge in [-0.3, -0.25) is 14.8 Å². The summed E-state index contributed by atoms with van der Waals surface area (Å²) in [5, 5.41) is 7.10. The summed E-state index contributed by atoms with van der Waals surface area (Å²) in [7, 11) is 0. The number of unbranched alkanes of at least 4 members (excludes halogenated alkanes) is 3. The summed E-state index contributed by atoms with van der Waals surface area (Å²) >= 11 is 0. The van der Waals surface area contributed by atoms with Crippen LogP contribution in [0.1, 0.15) is 259 Å². The van der Waals surface area contributed by atoms with E-state index in [0.29, 0.717) is 17.1 Å². The third-order valence-electron chi connectivity index (χ3n) is 24.3. The van der Waals surface area contributed by atoms with Crippen LogP contribution in [0.3, 0.4) is 0 Å². The minimum atomic E-state index is 0. The van der Waals surface area contributed by atoms with E-state index in [4.69, 9.17) is 31.4 Å². The Kier molecular flexibility index (Phi) is 28.1. The molecule has 0 amide bonds. The highest BCUT2D eigenvalue weighted by Gasteiger charge is 2.41. The molecule has 5 N–H and O–H groups in total. The fourth-order valence-corrected chi connectivity index (χ4v) is 17.5. The average Bonchev–Trinajstić information content (AvgIpc) is 1.60. The highest BCUT2D eigenvalue weighted by molar-refractivity contribution is 6.08. The lowest BCUT2D eigenvalue weighted by atomic mass is 9.75. The topological polar surface area (TPSA) is 163 Å². The van der Waals surface area contributed by atoms with E-state index in [-0.39, 0.29) is 31.3 Å². The molecule has 15 rings (SSSR count). The Hall–Kier alpha value is -8.56. The SMILES string of the molecule is C.C.CCCCc1nc2c(CC(C)(C)C)nc3ccccc3c2n1Cc1ccc(CNCC2CC(C)C2)cc1.CCCCc1nc2c(N)nc3ccccc3c2n1Cc1ccc(CN(CC(C)(C)C2CC2)C(C)(C)C)cc1.CCCCc1nc2c(N)nc3ccccc3c2n1Cc1ccc(CN(CC2CC(C)C2)C(C)(C)C)cc1. The average molecular weight is 1540 g/mol. The molecule has 12 aromatic rings. The Morgan fingerprint density at radius 3 is 1.18 bits per heavy atom. The van der Waals surface area contributed by atoms with Gasteiger partial charge in [0.15, 0.2) is 11.6 Å². The Morgan fingerprint density at radius 2 is 0.789 bits per heavy atom. The molecule has 3 aliphatic carbocycles. The zero-order valence-corrected chi connectivity index (χ0v) is 71.0. The van der Waals surface area contributed by atoms with E-state index in [1.807, 2.05) is 24.3 Å². The molecular weight excluding hydrogens is 1400 g/mol. The number of anilines is 2. The number of aryl methyl sites for hydroxylation is 3. The van der Waals surface area contributed by atoms with Crippen molar-refractivity contribution < 1.29 is 0 Å². The van der Waals surface area contributed by atoms with Crippen LogP contribution in [0.2, 0.25) is 0 Å². The summed E-state index contributed by atoms with van der Waals surface area (Å²) in [4.78, 5) is 35.0. The second-order valence-corrected chi connectivity index (χ2v) is 37.9. The van der Waals surface area contributed by atoms with Crippen LogP contribution in [0.5, 0.6) is 0 Å². The van der Waals surface area contributed by atoms with Crippen LogP contribution in [-0.2, 0) is 65.0 Å². The molecule has 0 atom stereocenters. The number of nitrogens with zero attached hydrogens (tertiary/aromatic N) is 11. The van der Waals surface area contributed by atoms with Crippen LogP contribution in [0.15, 0.2) is 146 Å². The summed E-state index contributed by atoms with van der Waals surface area (Å²) < 4.78 is 7.23. The smallest absolute Gasteiger partial charge is 0.152 e. The molecule has 0 radical (unpaired) electrons. The fourth-order valence-electron chi connectivity index (χ4n) is 17.5. The third-order valence-corrected chi connectivity index (χ3v) is 24.3. The van der Waals surface area contributed by atoms with Crippen LogP contribution < -0.4 is 16.8 Å². The summed E-state index contributed by atoms with van der Waals surface area (Å²) in [5.41, 5.74) is 31.8. The quantitative estimate of drug-likeness (QED) is 0.0409. The number of para-hydroxylation sites is 3. The molecule has 3 saturated carbocycles. The van der Waals surface area contributed by atoms with Gasteiger partial charge in [-0.1, -0.05) is 231 Å². The first-order chi connectivity index (χ1) is 53.6. The molecule has 0 unspecified atom stereocenters. The van der Waals surface area contributed by atoms with Gasteiger partial charge in [0.05, 0.1) is 38.8 Å². The predicted molar refractivity (Wildman–Crippen MR) is 485 cm³/mol. The summed E-state index contributed by atoms with van der Waals surface area (Å²) in [6.07, 6.45) is 18.9. The van der Waals surface area contributed by atoms with Crippen molar-refractivity contribution in [2.24, 2.45) is 40.4 Å². The largest absolute Gasteiger partial charge is 0.382 e. The number of hydrogen-bond donors (Lipinski definition) is 3. The first kappa shape index (κ1) is 86.3. The van der Waals surface area contributed by atoms with Crippen LogP contribution in [0.25, 0.3) is 65.8 Å². The van der Waals surface area contributed by atoms with Gasteiger partial charge in [0.1, 0.15) is 34.0 Å². The van der Waals surface area contributed by atoms with Gasteiger partial charge in [-0.15, -0.1) is 0 Å². The predicted octanol–water partition coefficient (Wildman–Crippen LogP) is 23.8. The molecular formula is C100H140N14. The molecule has 14 heteroatoms. The number of aromatic nitrogens is 9. The first-order valence-electron chi connectivity index (χ1n) is 42.9. The van der Waals surface area contributed by atoms with Crippen LogP contribution >= 0.6 is 0 Å². The number of nitrogens with one attached hydrogen (secondary N) is 1. The Balaban J connectivity index is 0.000000167. The molecule has 0 saturated heterocycles. The molecule has 3 aliphatic rings. The lowest BCUT2D eigenvalue weighted by molar-refractivity contribution is 0.0634. The first-order valence-corrected chi connectivity index (χ1v) is 42.9. The van der Waals surface area contributed by atoms with Gasteiger partial charge in [0.2, 0.25) is 0 Å². The third kappa shape index (κ3) is 21.0. The molecule has 6 heterocycles. The van der Waals surface area contributed by atoms with Crippen molar-refractivity contribution in [3.05, 3.63) is 202 Å². The van der Waals surface area contributed by atoms with Crippen molar-refractivity contribution in [2.75, 3.05) is 31.1 Å². The van der Waals surface area contributed by atoms with Crippen molar-refractivity contribution >= 4 is 77.4 Å². The highest BCUT2D eigenvalue weighted by Crippen LogP contribution is 2.47. The summed E-state index contributed by atoms with van der Waals surface area (Å²) in [6, 6.07) is 52.8. The normalized spacial score (nSPS) is 16.6. The number of fused-ring (bicyclic) bond motifs is 9. The standard InChI is InChI=1S/C33H45N5.C33H44N4.C32H43N5.2CH4/c1-7-8-13-28-36-29-30(26-11-9-10-12-27(26)35-31(29)34)38(28)21-24-16-14-23(15-17-24)20-37(32(2,3)4)22-33(5,6)25-18-19-25;1-6-7-12-30-36-31-29(19-33(3,4)5)35-28-11-9-8-10-27(28)32(31)37(30)22-25-15-13-24(14-16-25)20-34-21-26-17-23(2)18-26;1-6-7-12-28-35-29-30(26-10-8-9-11-27(26)34-31(29)33)37(28)21-24-15-13-23(14-16-24)19-36(32(3,4)5)20-25-17-22(2)18-25;;/h9-12,14-17,25H,7-8,13,18-22H2,1-6H3,(H2,34,35);8-11,13-16,23,26,34H,6-7,12,17-22H2,1-5H3;8-11,13-16,22,25H,6-7,12,17-21H2,1-5H3,(H2,33,34);2*1H4. The van der Waals surface area contributed by atoms with Crippen LogP contribution in [0, 0.1) is 40.4 Å².